The molecule has 0 atom stereocenters. The summed E-state index contributed by atoms with van der Waals surface area (Å²) in [5.74, 6) is -0.173. The number of carbonyl (C=O) groups excluding carboxylic acids is 3. The molecule has 12 heteroatoms. The molecule has 4 aromatic rings. The SMILES string of the molecule is CCOC(=O)c1sc(NC(=O)CSc2nnc(-c3ccco3)n2CC)c(C(=O)Nc2ccccc2)c1C. The molecule has 0 fully saturated rings. The minimum absolute atomic E-state index is 0.0156. The number of nitrogens with one attached hydrogen (secondary N) is 2. The summed E-state index contributed by atoms with van der Waals surface area (Å²) in [5.41, 5.74) is 1.25. The van der Waals surface area contributed by atoms with Crippen molar-refractivity contribution in [2.75, 3.05) is 23.0 Å². The first kappa shape index (κ1) is 26.2. The maximum atomic E-state index is 13.2. The van der Waals surface area contributed by atoms with Crippen LogP contribution in [0.4, 0.5) is 10.7 Å². The predicted octanol–water partition coefficient (Wildman–Crippen LogP) is 5.09. The molecule has 2 N–H and O–H groups in total. The van der Waals surface area contributed by atoms with Gasteiger partial charge in [-0.2, -0.15) is 0 Å². The molecule has 0 saturated carbocycles. The molecule has 0 aliphatic carbocycles. The largest absolute Gasteiger partial charge is 0.462 e. The summed E-state index contributed by atoms with van der Waals surface area (Å²) in [7, 11) is 0. The summed E-state index contributed by atoms with van der Waals surface area (Å²) < 4.78 is 12.4. The first-order valence-electron chi connectivity index (χ1n) is 11.5. The Balaban J connectivity index is 1.53. The van der Waals surface area contributed by atoms with Gasteiger partial charge in [-0.15, -0.1) is 21.5 Å². The van der Waals surface area contributed by atoms with E-state index in [0.29, 0.717) is 34.5 Å². The van der Waals surface area contributed by atoms with Gasteiger partial charge in [-0.1, -0.05) is 30.0 Å². The number of carbonyl (C=O) groups is 3. The highest BCUT2D eigenvalue weighted by molar-refractivity contribution is 7.99. The van der Waals surface area contributed by atoms with Crippen LogP contribution >= 0.6 is 23.1 Å². The van der Waals surface area contributed by atoms with Gasteiger partial charge >= 0.3 is 5.97 Å². The first-order valence-corrected chi connectivity index (χ1v) is 13.3. The van der Waals surface area contributed by atoms with E-state index >= 15 is 0 Å². The Morgan fingerprint density at radius 2 is 1.86 bits per heavy atom. The van der Waals surface area contributed by atoms with Crippen LogP contribution in [0.25, 0.3) is 11.6 Å². The number of benzene rings is 1. The number of esters is 1. The number of rotatable bonds is 10. The minimum Gasteiger partial charge on any atom is -0.462 e. The molecule has 3 aromatic heterocycles. The van der Waals surface area contributed by atoms with Gasteiger partial charge in [-0.05, 0) is 50.6 Å². The van der Waals surface area contributed by atoms with Crippen LogP contribution in [0, 0.1) is 6.92 Å². The van der Waals surface area contributed by atoms with E-state index in [4.69, 9.17) is 9.15 Å². The average molecular weight is 540 g/mol. The highest BCUT2D eigenvalue weighted by Gasteiger charge is 2.27. The number of amides is 2. The lowest BCUT2D eigenvalue weighted by molar-refractivity contribution is -0.113. The van der Waals surface area contributed by atoms with Crippen molar-refractivity contribution in [2.24, 2.45) is 0 Å². The monoisotopic (exact) mass is 539 g/mol. The molecule has 0 aliphatic rings. The van der Waals surface area contributed by atoms with Crippen LogP contribution in [-0.4, -0.2) is 44.9 Å². The van der Waals surface area contributed by atoms with Crippen molar-refractivity contribution in [3.05, 3.63) is 64.7 Å². The van der Waals surface area contributed by atoms with E-state index in [1.54, 1.807) is 56.5 Å². The van der Waals surface area contributed by atoms with Crippen LogP contribution < -0.4 is 10.6 Å². The average Bonchev–Trinajstić information content (AvgIpc) is 3.62. The van der Waals surface area contributed by atoms with E-state index in [-0.39, 0.29) is 33.7 Å². The van der Waals surface area contributed by atoms with Gasteiger partial charge in [-0.3, -0.25) is 14.2 Å². The number of ether oxygens (including phenoxy) is 1. The second kappa shape index (κ2) is 11.9. The molecule has 0 bridgehead atoms. The molecule has 0 spiro atoms. The van der Waals surface area contributed by atoms with Crippen LogP contribution in [0.2, 0.25) is 0 Å². The zero-order valence-electron chi connectivity index (χ0n) is 20.4. The third-order valence-corrected chi connectivity index (χ3v) is 7.38. The van der Waals surface area contributed by atoms with Crippen LogP contribution in [0.5, 0.6) is 0 Å². The Kier molecular flexibility index (Phi) is 8.41. The number of hydrogen-bond acceptors (Lipinski definition) is 9. The molecule has 0 aliphatic heterocycles. The molecule has 37 heavy (non-hydrogen) atoms. The van der Waals surface area contributed by atoms with Crippen molar-refractivity contribution in [1.29, 1.82) is 0 Å². The summed E-state index contributed by atoms with van der Waals surface area (Å²) in [6.45, 7) is 6.09. The Hall–Kier alpha value is -3.90. The zero-order valence-corrected chi connectivity index (χ0v) is 22.1. The van der Waals surface area contributed by atoms with Crippen molar-refractivity contribution in [2.45, 2.75) is 32.5 Å². The van der Waals surface area contributed by atoms with Crippen molar-refractivity contribution < 1.29 is 23.5 Å². The van der Waals surface area contributed by atoms with Gasteiger partial charge in [0.2, 0.25) is 5.91 Å². The number of hydrogen-bond donors (Lipinski definition) is 2. The zero-order chi connectivity index (χ0) is 26.4. The van der Waals surface area contributed by atoms with Crippen molar-refractivity contribution >= 4 is 51.6 Å². The van der Waals surface area contributed by atoms with Gasteiger partial charge in [0.05, 0.1) is 24.2 Å². The standard InChI is InChI=1S/C25H25N5O5S2/c1-4-30-21(17-12-9-13-35-17)28-29-25(30)36-14-18(31)27-23-19(15(3)20(37-23)24(33)34-5-2)22(32)26-16-10-7-6-8-11-16/h6-13H,4-5,14H2,1-3H3,(H,26,32)(H,27,31). The van der Waals surface area contributed by atoms with E-state index in [1.165, 1.54) is 11.8 Å². The van der Waals surface area contributed by atoms with Crippen molar-refractivity contribution in [3.63, 3.8) is 0 Å². The summed E-state index contributed by atoms with van der Waals surface area (Å²) in [6.07, 6.45) is 1.56. The quantitative estimate of drug-likeness (QED) is 0.211. The molecular formula is C25H25N5O5S2. The van der Waals surface area contributed by atoms with Gasteiger partial charge in [0.15, 0.2) is 16.7 Å². The Morgan fingerprint density at radius 1 is 1.08 bits per heavy atom. The molecule has 10 nitrogen and oxygen atoms in total. The van der Waals surface area contributed by atoms with Gasteiger partial charge in [0.25, 0.3) is 5.91 Å². The molecule has 2 amide bonds. The summed E-state index contributed by atoms with van der Waals surface area (Å²) in [5, 5.41) is 14.8. The summed E-state index contributed by atoms with van der Waals surface area (Å²) >= 11 is 2.22. The number of para-hydroxylation sites is 1. The Labute approximate surface area is 221 Å². The highest BCUT2D eigenvalue weighted by Crippen LogP contribution is 2.35. The lowest BCUT2D eigenvalue weighted by Gasteiger charge is -2.09. The Bertz CT molecular complexity index is 1400. The van der Waals surface area contributed by atoms with Gasteiger partial charge in [0, 0.05) is 12.2 Å². The smallest absolute Gasteiger partial charge is 0.348 e. The van der Waals surface area contributed by atoms with E-state index in [2.05, 4.69) is 20.8 Å². The second-order valence-electron chi connectivity index (χ2n) is 7.67. The van der Waals surface area contributed by atoms with Crippen LogP contribution in [-0.2, 0) is 16.1 Å². The third-order valence-electron chi connectivity index (χ3n) is 5.23. The molecule has 0 saturated heterocycles. The molecule has 0 unspecified atom stereocenters. The molecular weight excluding hydrogens is 514 g/mol. The van der Waals surface area contributed by atoms with Crippen molar-refractivity contribution in [3.8, 4) is 11.6 Å². The molecule has 192 valence electrons. The van der Waals surface area contributed by atoms with E-state index in [1.807, 2.05) is 17.6 Å². The Morgan fingerprint density at radius 3 is 2.54 bits per heavy atom. The van der Waals surface area contributed by atoms with Crippen LogP contribution in [0.3, 0.4) is 0 Å². The summed E-state index contributed by atoms with van der Waals surface area (Å²) in [4.78, 5) is 38.8. The number of thioether (sulfide) groups is 1. The lowest BCUT2D eigenvalue weighted by atomic mass is 10.1. The molecule has 0 radical (unpaired) electrons. The van der Waals surface area contributed by atoms with Gasteiger partial charge < -0.3 is 19.8 Å². The van der Waals surface area contributed by atoms with Crippen molar-refractivity contribution in [1.82, 2.24) is 14.8 Å². The number of nitrogens with zero attached hydrogens (tertiary/aromatic N) is 3. The number of anilines is 2. The summed E-state index contributed by atoms with van der Waals surface area (Å²) in [6, 6.07) is 12.5. The highest BCUT2D eigenvalue weighted by atomic mass is 32.2. The fourth-order valence-corrected chi connectivity index (χ4v) is 5.46. The van der Waals surface area contributed by atoms with E-state index in [0.717, 1.165) is 11.3 Å². The number of aromatic nitrogens is 3. The molecule has 1 aromatic carbocycles. The fourth-order valence-electron chi connectivity index (χ4n) is 3.54. The topological polar surface area (TPSA) is 128 Å². The third kappa shape index (κ3) is 5.92. The normalized spacial score (nSPS) is 10.8. The fraction of sp³-hybridized carbons (Fsp3) is 0.240. The van der Waals surface area contributed by atoms with Gasteiger partial charge in [-0.25, -0.2) is 4.79 Å². The second-order valence-corrected chi connectivity index (χ2v) is 9.63. The van der Waals surface area contributed by atoms with E-state index in [9.17, 15) is 14.4 Å². The van der Waals surface area contributed by atoms with E-state index < -0.39 is 11.9 Å². The van der Waals surface area contributed by atoms with Crippen LogP contribution in [0.1, 0.15) is 39.4 Å². The van der Waals surface area contributed by atoms with Crippen LogP contribution in [0.15, 0.2) is 58.3 Å². The first-order chi connectivity index (χ1) is 17.9. The molecule has 3 heterocycles. The predicted molar refractivity (Wildman–Crippen MR) is 142 cm³/mol. The maximum Gasteiger partial charge on any atom is 0.348 e. The maximum absolute atomic E-state index is 13.2. The lowest BCUT2D eigenvalue weighted by Crippen LogP contribution is -2.19. The minimum atomic E-state index is -0.546. The number of furan rings is 1. The van der Waals surface area contributed by atoms with Gasteiger partial charge in [0.1, 0.15) is 9.88 Å². The number of thiophene rings is 1. The molecule has 4 rings (SSSR count).